The van der Waals surface area contributed by atoms with Crippen LogP contribution in [0.3, 0.4) is 0 Å². The summed E-state index contributed by atoms with van der Waals surface area (Å²) in [5.74, 6) is 1.19. The number of hydrogen-bond donors (Lipinski definition) is 2. The average Bonchev–Trinajstić information content (AvgIpc) is 2.60. The van der Waals surface area contributed by atoms with E-state index in [1.54, 1.807) is 7.11 Å². The van der Waals surface area contributed by atoms with Crippen molar-refractivity contribution in [2.24, 2.45) is 0 Å². The summed E-state index contributed by atoms with van der Waals surface area (Å²) in [5.41, 5.74) is 1.51. The molecule has 0 aliphatic heterocycles. The number of ether oxygens (including phenoxy) is 1. The SMILES string of the molecule is CCCNc1ncc(C(=O)NCCc2ccccc2OC)cn1. The number of aromatic nitrogens is 2. The molecule has 0 radical (unpaired) electrons. The van der Waals surface area contributed by atoms with Gasteiger partial charge in [0.2, 0.25) is 5.95 Å². The Hall–Kier alpha value is -2.63. The molecule has 6 heteroatoms. The Morgan fingerprint density at radius 1 is 1.17 bits per heavy atom. The number of carbonyl (C=O) groups is 1. The molecule has 0 unspecified atom stereocenters. The molecule has 1 amide bonds. The highest BCUT2D eigenvalue weighted by molar-refractivity contribution is 5.93. The van der Waals surface area contributed by atoms with Crippen molar-refractivity contribution in [3.8, 4) is 5.75 Å². The van der Waals surface area contributed by atoms with Crippen LogP contribution in [0.2, 0.25) is 0 Å². The monoisotopic (exact) mass is 314 g/mol. The summed E-state index contributed by atoms with van der Waals surface area (Å²) in [5, 5.41) is 5.94. The van der Waals surface area contributed by atoms with Crippen LogP contribution < -0.4 is 15.4 Å². The molecule has 2 rings (SSSR count). The predicted octanol–water partition coefficient (Wildman–Crippen LogP) is 2.28. The van der Waals surface area contributed by atoms with Crippen molar-refractivity contribution in [1.29, 1.82) is 0 Å². The second kappa shape index (κ2) is 8.73. The summed E-state index contributed by atoms with van der Waals surface area (Å²) in [6, 6.07) is 7.78. The maximum absolute atomic E-state index is 12.1. The van der Waals surface area contributed by atoms with Crippen molar-refractivity contribution >= 4 is 11.9 Å². The number of hydrogen-bond acceptors (Lipinski definition) is 5. The van der Waals surface area contributed by atoms with E-state index in [4.69, 9.17) is 4.74 Å². The van der Waals surface area contributed by atoms with Gasteiger partial charge in [0.15, 0.2) is 0 Å². The van der Waals surface area contributed by atoms with Crippen molar-refractivity contribution in [3.63, 3.8) is 0 Å². The molecule has 0 saturated heterocycles. The summed E-state index contributed by atoms with van der Waals surface area (Å²) >= 11 is 0. The van der Waals surface area contributed by atoms with Gasteiger partial charge in [-0.15, -0.1) is 0 Å². The molecule has 2 N–H and O–H groups in total. The fourth-order valence-corrected chi connectivity index (χ4v) is 2.10. The predicted molar refractivity (Wildman–Crippen MR) is 89.8 cm³/mol. The lowest BCUT2D eigenvalue weighted by molar-refractivity contribution is 0.0953. The van der Waals surface area contributed by atoms with Gasteiger partial charge in [0.05, 0.1) is 12.7 Å². The largest absolute Gasteiger partial charge is 0.496 e. The third-order valence-electron chi connectivity index (χ3n) is 3.32. The van der Waals surface area contributed by atoms with E-state index >= 15 is 0 Å². The van der Waals surface area contributed by atoms with Crippen molar-refractivity contribution in [1.82, 2.24) is 15.3 Å². The Kier molecular flexibility index (Phi) is 6.35. The first kappa shape index (κ1) is 16.7. The van der Waals surface area contributed by atoms with Gasteiger partial charge in [-0.05, 0) is 24.5 Å². The number of nitrogens with one attached hydrogen (secondary N) is 2. The number of amides is 1. The molecule has 0 saturated carbocycles. The van der Waals surface area contributed by atoms with Gasteiger partial charge in [-0.1, -0.05) is 25.1 Å². The maximum Gasteiger partial charge on any atom is 0.254 e. The number of benzene rings is 1. The van der Waals surface area contributed by atoms with Crippen LogP contribution in [-0.2, 0) is 6.42 Å². The molecule has 0 fully saturated rings. The average molecular weight is 314 g/mol. The van der Waals surface area contributed by atoms with Gasteiger partial charge in [0.1, 0.15) is 5.75 Å². The van der Waals surface area contributed by atoms with Crippen molar-refractivity contribution in [2.45, 2.75) is 19.8 Å². The summed E-state index contributed by atoms with van der Waals surface area (Å²) in [7, 11) is 1.64. The minimum absolute atomic E-state index is 0.179. The molecule has 1 heterocycles. The normalized spacial score (nSPS) is 10.2. The van der Waals surface area contributed by atoms with E-state index in [-0.39, 0.29) is 5.91 Å². The van der Waals surface area contributed by atoms with Crippen LogP contribution in [0.4, 0.5) is 5.95 Å². The highest BCUT2D eigenvalue weighted by atomic mass is 16.5. The minimum Gasteiger partial charge on any atom is -0.496 e. The van der Waals surface area contributed by atoms with Crippen LogP contribution >= 0.6 is 0 Å². The van der Waals surface area contributed by atoms with Crippen molar-refractivity contribution in [2.75, 3.05) is 25.5 Å². The Morgan fingerprint density at radius 3 is 2.61 bits per heavy atom. The molecule has 1 aromatic carbocycles. The molecule has 0 aliphatic rings. The highest BCUT2D eigenvalue weighted by Crippen LogP contribution is 2.17. The van der Waals surface area contributed by atoms with Crippen LogP contribution in [0.1, 0.15) is 29.3 Å². The first-order chi connectivity index (χ1) is 11.2. The molecule has 23 heavy (non-hydrogen) atoms. The van der Waals surface area contributed by atoms with E-state index in [2.05, 4.69) is 27.5 Å². The lowest BCUT2D eigenvalue weighted by atomic mass is 10.1. The van der Waals surface area contributed by atoms with Crippen LogP contribution in [-0.4, -0.2) is 36.1 Å². The maximum atomic E-state index is 12.1. The highest BCUT2D eigenvalue weighted by Gasteiger charge is 2.07. The molecular formula is C17H22N4O2. The number of para-hydroxylation sites is 1. The molecule has 122 valence electrons. The number of methoxy groups -OCH3 is 1. The third-order valence-corrected chi connectivity index (χ3v) is 3.32. The summed E-state index contributed by atoms with van der Waals surface area (Å²) in [6.07, 6.45) is 4.76. The van der Waals surface area contributed by atoms with Crippen LogP contribution in [0, 0.1) is 0 Å². The van der Waals surface area contributed by atoms with E-state index in [1.807, 2.05) is 24.3 Å². The van der Waals surface area contributed by atoms with Gasteiger partial charge in [0.25, 0.3) is 5.91 Å². The van der Waals surface area contributed by atoms with Gasteiger partial charge in [-0.25, -0.2) is 9.97 Å². The van der Waals surface area contributed by atoms with Gasteiger partial charge in [-0.3, -0.25) is 4.79 Å². The number of anilines is 1. The molecule has 0 spiro atoms. The van der Waals surface area contributed by atoms with Crippen molar-refractivity contribution in [3.05, 3.63) is 47.8 Å². The van der Waals surface area contributed by atoms with Crippen LogP contribution in [0.25, 0.3) is 0 Å². The summed E-state index contributed by atoms with van der Waals surface area (Å²) < 4.78 is 5.29. The van der Waals surface area contributed by atoms with E-state index < -0.39 is 0 Å². The topological polar surface area (TPSA) is 76.1 Å². The zero-order valence-corrected chi connectivity index (χ0v) is 13.5. The van der Waals surface area contributed by atoms with E-state index in [9.17, 15) is 4.79 Å². The number of nitrogens with zero attached hydrogens (tertiary/aromatic N) is 2. The fraction of sp³-hybridized carbons (Fsp3) is 0.353. The molecule has 0 aliphatic carbocycles. The number of carbonyl (C=O) groups excluding carboxylic acids is 1. The third kappa shape index (κ3) is 4.95. The summed E-state index contributed by atoms with van der Waals surface area (Å²) in [6.45, 7) is 3.40. The quantitative estimate of drug-likeness (QED) is 0.782. The minimum atomic E-state index is -0.179. The molecular weight excluding hydrogens is 292 g/mol. The Bertz CT molecular complexity index is 629. The lowest BCUT2D eigenvalue weighted by Gasteiger charge is -2.09. The first-order valence-corrected chi connectivity index (χ1v) is 7.70. The second-order valence-corrected chi connectivity index (χ2v) is 5.04. The molecule has 1 aromatic heterocycles. The molecule has 0 atom stereocenters. The number of rotatable bonds is 8. The molecule has 6 nitrogen and oxygen atoms in total. The smallest absolute Gasteiger partial charge is 0.254 e. The summed E-state index contributed by atoms with van der Waals surface area (Å²) in [4.78, 5) is 20.3. The second-order valence-electron chi connectivity index (χ2n) is 5.04. The van der Waals surface area contributed by atoms with Gasteiger partial charge < -0.3 is 15.4 Å². The van der Waals surface area contributed by atoms with Gasteiger partial charge >= 0.3 is 0 Å². The Labute approximate surface area is 136 Å². The van der Waals surface area contributed by atoms with Crippen molar-refractivity contribution < 1.29 is 9.53 Å². The van der Waals surface area contributed by atoms with Crippen LogP contribution in [0.15, 0.2) is 36.7 Å². The first-order valence-electron chi connectivity index (χ1n) is 7.70. The van der Waals surface area contributed by atoms with E-state index in [1.165, 1.54) is 12.4 Å². The lowest BCUT2D eigenvalue weighted by Crippen LogP contribution is -2.26. The molecule has 2 aromatic rings. The van der Waals surface area contributed by atoms with Gasteiger partial charge in [0, 0.05) is 25.5 Å². The zero-order chi connectivity index (χ0) is 16.5. The zero-order valence-electron chi connectivity index (χ0n) is 13.5. The molecule has 0 bridgehead atoms. The van der Waals surface area contributed by atoms with Crippen LogP contribution in [0.5, 0.6) is 5.75 Å². The Morgan fingerprint density at radius 2 is 1.91 bits per heavy atom. The van der Waals surface area contributed by atoms with Gasteiger partial charge in [-0.2, -0.15) is 0 Å². The fourth-order valence-electron chi connectivity index (χ4n) is 2.10. The van der Waals surface area contributed by atoms with E-state index in [0.29, 0.717) is 24.5 Å². The standard InChI is InChI=1S/C17H22N4O2/c1-3-9-19-17-20-11-14(12-21-17)16(22)18-10-8-13-6-4-5-7-15(13)23-2/h4-7,11-12H,3,8-10H2,1-2H3,(H,18,22)(H,19,20,21). The van der Waals surface area contributed by atoms with E-state index in [0.717, 1.165) is 24.3 Å². The Balaban J connectivity index is 1.84.